The van der Waals surface area contributed by atoms with E-state index in [1.807, 2.05) is 28.8 Å². The van der Waals surface area contributed by atoms with Crippen molar-refractivity contribution >= 4 is 35.6 Å². The van der Waals surface area contributed by atoms with Crippen LogP contribution in [0.1, 0.15) is 46.4 Å². The Balaban J connectivity index is 0.00000280. The lowest BCUT2D eigenvalue weighted by atomic mass is 9.78. The summed E-state index contributed by atoms with van der Waals surface area (Å²) in [6, 6.07) is 5.88. The third-order valence-electron chi connectivity index (χ3n) is 4.94. The average molecular weight is 500 g/mol. The van der Waals surface area contributed by atoms with Gasteiger partial charge in [0.05, 0.1) is 6.10 Å². The van der Waals surface area contributed by atoms with Gasteiger partial charge >= 0.3 is 0 Å². The maximum atomic E-state index is 6.09. The predicted molar refractivity (Wildman–Crippen MR) is 123 cm³/mol. The van der Waals surface area contributed by atoms with Gasteiger partial charge in [-0.05, 0) is 37.3 Å². The van der Waals surface area contributed by atoms with Gasteiger partial charge in [0, 0.05) is 31.8 Å². The molecule has 0 aliphatic carbocycles. The summed E-state index contributed by atoms with van der Waals surface area (Å²) in [5, 5.41) is 15.3. The molecule has 2 N–H and O–H groups in total. The van der Waals surface area contributed by atoms with Gasteiger partial charge in [-0.2, -0.15) is 0 Å². The van der Waals surface area contributed by atoms with Gasteiger partial charge in [-0.3, -0.25) is 4.40 Å². The van der Waals surface area contributed by atoms with Gasteiger partial charge < -0.3 is 15.4 Å². The van der Waals surface area contributed by atoms with E-state index >= 15 is 0 Å². The molecular formula is C20H33IN6O. The van der Waals surface area contributed by atoms with Gasteiger partial charge in [0.1, 0.15) is 6.54 Å². The summed E-state index contributed by atoms with van der Waals surface area (Å²) >= 11 is 0. The zero-order valence-corrected chi connectivity index (χ0v) is 19.6. The molecule has 7 nitrogen and oxygen atoms in total. The molecule has 3 heterocycles. The normalized spacial score (nSPS) is 20.6. The molecule has 0 aromatic carbocycles. The van der Waals surface area contributed by atoms with Crippen LogP contribution in [0.25, 0.3) is 5.65 Å². The van der Waals surface area contributed by atoms with Gasteiger partial charge in [0.2, 0.25) is 0 Å². The van der Waals surface area contributed by atoms with Crippen LogP contribution >= 0.6 is 24.0 Å². The van der Waals surface area contributed by atoms with Crippen LogP contribution in [0.15, 0.2) is 29.4 Å². The van der Waals surface area contributed by atoms with Crippen molar-refractivity contribution in [3.05, 3.63) is 30.2 Å². The minimum absolute atomic E-state index is 0. The Morgan fingerprint density at radius 2 is 2.11 bits per heavy atom. The molecule has 0 spiro atoms. The fourth-order valence-corrected chi connectivity index (χ4v) is 3.73. The second-order valence-corrected chi connectivity index (χ2v) is 8.18. The lowest BCUT2D eigenvalue weighted by Gasteiger charge is -2.40. The molecule has 28 heavy (non-hydrogen) atoms. The minimum atomic E-state index is 0. The van der Waals surface area contributed by atoms with Crippen molar-refractivity contribution in [1.29, 1.82) is 0 Å². The Hall–Kier alpha value is -1.42. The molecule has 2 atom stereocenters. The van der Waals surface area contributed by atoms with E-state index in [9.17, 15) is 0 Å². The lowest BCUT2D eigenvalue weighted by Crippen LogP contribution is -2.47. The van der Waals surface area contributed by atoms with Crippen LogP contribution in [0, 0.1) is 11.3 Å². The molecule has 2 unspecified atom stereocenters. The monoisotopic (exact) mass is 500 g/mol. The Bertz CT molecular complexity index is 769. The van der Waals surface area contributed by atoms with Crippen molar-refractivity contribution in [2.75, 3.05) is 19.7 Å². The highest BCUT2D eigenvalue weighted by Gasteiger charge is 2.35. The van der Waals surface area contributed by atoms with Crippen LogP contribution < -0.4 is 10.6 Å². The molecule has 8 heteroatoms. The van der Waals surface area contributed by atoms with E-state index in [1.54, 1.807) is 0 Å². The summed E-state index contributed by atoms with van der Waals surface area (Å²) < 4.78 is 8.06. The van der Waals surface area contributed by atoms with Crippen LogP contribution in [-0.2, 0) is 11.3 Å². The number of aliphatic imine (C=N–C) groups is 1. The smallest absolute Gasteiger partial charge is 0.191 e. The van der Waals surface area contributed by atoms with Gasteiger partial charge in [0.15, 0.2) is 17.4 Å². The number of hydrogen-bond acceptors (Lipinski definition) is 4. The third kappa shape index (κ3) is 5.79. The number of fused-ring (bicyclic) bond motifs is 1. The molecule has 0 bridgehead atoms. The first-order valence-electron chi connectivity index (χ1n) is 9.91. The highest BCUT2D eigenvalue weighted by Crippen LogP contribution is 2.33. The third-order valence-corrected chi connectivity index (χ3v) is 4.94. The van der Waals surface area contributed by atoms with Crippen molar-refractivity contribution in [3.8, 4) is 0 Å². The molecule has 156 valence electrons. The average Bonchev–Trinajstić information content (AvgIpc) is 3.07. The zero-order valence-electron chi connectivity index (χ0n) is 17.3. The van der Waals surface area contributed by atoms with Crippen LogP contribution in [0.2, 0.25) is 0 Å². The topological polar surface area (TPSA) is 75.8 Å². The van der Waals surface area contributed by atoms with Crippen molar-refractivity contribution in [2.24, 2.45) is 16.3 Å². The Kier molecular flexibility index (Phi) is 8.48. The number of guanidine groups is 1. The van der Waals surface area contributed by atoms with Crippen LogP contribution in [0.5, 0.6) is 0 Å². The number of halogens is 1. The Morgan fingerprint density at radius 3 is 2.86 bits per heavy atom. The zero-order chi connectivity index (χ0) is 19.3. The first-order chi connectivity index (χ1) is 13.0. The summed E-state index contributed by atoms with van der Waals surface area (Å²) in [6.45, 7) is 11.9. The van der Waals surface area contributed by atoms with Crippen molar-refractivity contribution < 1.29 is 4.74 Å². The van der Waals surface area contributed by atoms with E-state index in [0.29, 0.717) is 12.5 Å². The second kappa shape index (κ2) is 10.4. The maximum absolute atomic E-state index is 6.09. The summed E-state index contributed by atoms with van der Waals surface area (Å²) in [5.41, 5.74) is 0.982. The molecule has 0 radical (unpaired) electrons. The molecule has 1 saturated heterocycles. The number of hydrogen-bond donors (Lipinski definition) is 2. The lowest BCUT2D eigenvalue weighted by molar-refractivity contribution is -0.0835. The van der Waals surface area contributed by atoms with Crippen molar-refractivity contribution in [1.82, 2.24) is 25.2 Å². The van der Waals surface area contributed by atoms with Gasteiger partial charge in [-0.1, -0.05) is 26.8 Å². The molecule has 1 fully saturated rings. The summed E-state index contributed by atoms with van der Waals surface area (Å²) in [5.74, 6) is 2.12. The van der Waals surface area contributed by atoms with Crippen molar-refractivity contribution in [2.45, 2.75) is 53.2 Å². The summed E-state index contributed by atoms with van der Waals surface area (Å²) in [4.78, 5) is 4.71. The van der Waals surface area contributed by atoms with Crippen LogP contribution in [0.3, 0.4) is 0 Å². The molecule has 0 amide bonds. The highest BCUT2D eigenvalue weighted by atomic mass is 127. The minimum Gasteiger partial charge on any atom is -0.377 e. The van der Waals surface area contributed by atoms with Gasteiger partial charge in [-0.25, -0.2) is 4.99 Å². The van der Waals surface area contributed by atoms with Gasteiger partial charge in [-0.15, -0.1) is 34.2 Å². The fraction of sp³-hybridized carbons (Fsp3) is 0.650. The van der Waals surface area contributed by atoms with Crippen LogP contribution in [-0.4, -0.2) is 46.4 Å². The molecule has 1 aliphatic rings. The SMILES string of the molecule is CCNC(=NCc1nnc2ccccn12)NCC1CCCOC1C(C)(C)C.I. The van der Waals surface area contributed by atoms with E-state index in [0.717, 1.165) is 43.5 Å². The second-order valence-electron chi connectivity index (χ2n) is 8.18. The molecule has 0 saturated carbocycles. The van der Waals surface area contributed by atoms with E-state index in [1.165, 1.54) is 6.42 Å². The molecule has 2 aromatic rings. The van der Waals surface area contributed by atoms with E-state index in [-0.39, 0.29) is 35.5 Å². The number of pyridine rings is 1. The van der Waals surface area contributed by atoms with E-state index in [2.05, 4.69) is 48.5 Å². The largest absolute Gasteiger partial charge is 0.377 e. The predicted octanol–water partition coefficient (Wildman–Crippen LogP) is 3.24. The standard InChI is InChI=1S/C20H32N6O.HI/c1-5-21-19(22-13-15-9-8-12-27-18(15)20(2,3)4)23-14-17-25-24-16-10-6-7-11-26(16)17;/h6-7,10-11,15,18H,5,8-9,12-14H2,1-4H3,(H2,21,22,23);1H. The summed E-state index contributed by atoms with van der Waals surface area (Å²) in [6.07, 6.45) is 4.54. The maximum Gasteiger partial charge on any atom is 0.191 e. The highest BCUT2D eigenvalue weighted by molar-refractivity contribution is 14.0. The number of aromatic nitrogens is 3. The first kappa shape index (κ1) is 22.9. The van der Waals surface area contributed by atoms with Crippen LogP contribution in [0.4, 0.5) is 0 Å². The quantitative estimate of drug-likeness (QED) is 0.375. The molecular weight excluding hydrogens is 467 g/mol. The Labute approximate surface area is 184 Å². The fourth-order valence-electron chi connectivity index (χ4n) is 3.73. The first-order valence-corrected chi connectivity index (χ1v) is 9.91. The molecule has 1 aliphatic heterocycles. The number of ether oxygens (including phenoxy) is 1. The van der Waals surface area contributed by atoms with E-state index < -0.39 is 0 Å². The number of nitrogens with zero attached hydrogens (tertiary/aromatic N) is 4. The summed E-state index contributed by atoms with van der Waals surface area (Å²) in [7, 11) is 0. The Morgan fingerprint density at radius 1 is 1.29 bits per heavy atom. The molecule has 2 aromatic heterocycles. The molecule has 3 rings (SSSR count). The number of nitrogens with one attached hydrogen (secondary N) is 2. The number of rotatable bonds is 5. The van der Waals surface area contributed by atoms with Gasteiger partial charge in [0.25, 0.3) is 0 Å². The van der Waals surface area contributed by atoms with Crippen molar-refractivity contribution in [3.63, 3.8) is 0 Å². The van der Waals surface area contributed by atoms with E-state index in [4.69, 9.17) is 9.73 Å².